The molecule has 1 fully saturated rings. The van der Waals surface area contributed by atoms with Crippen LogP contribution in [0.15, 0.2) is 97.2 Å². The summed E-state index contributed by atoms with van der Waals surface area (Å²) >= 11 is 0. The molecule has 1 unspecified atom stereocenters. The normalized spacial score (nSPS) is 17.7. The van der Waals surface area contributed by atoms with Gasteiger partial charge in [0.15, 0.2) is 11.5 Å². The lowest BCUT2D eigenvalue weighted by Gasteiger charge is -2.40. The molecule has 1 N–H and O–H groups in total. The Morgan fingerprint density at radius 3 is 2.42 bits per heavy atom. The Bertz CT molecular complexity index is 2520. The Hall–Kier alpha value is -6.04. The van der Waals surface area contributed by atoms with Gasteiger partial charge in [-0.2, -0.15) is 0 Å². The first-order chi connectivity index (χ1) is 27.9. The molecular formula is C46H45N5O6. The van der Waals surface area contributed by atoms with Crippen molar-refractivity contribution in [3.8, 4) is 28.5 Å². The molecule has 4 aromatic carbocycles. The number of carbonyl (C=O) groups excluding carboxylic acids is 2. The van der Waals surface area contributed by atoms with Crippen molar-refractivity contribution in [2.45, 2.75) is 44.8 Å². The molecule has 6 heterocycles. The zero-order valence-corrected chi connectivity index (χ0v) is 32.0. The maximum absolute atomic E-state index is 15.3. The molecule has 0 bridgehead atoms. The van der Waals surface area contributed by atoms with E-state index in [9.17, 15) is 5.11 Å². The van der Waals surface area contributed by atoms with E-state index in [-0.39, 0.29) is 30.4 Å². The third kappa shape index (κ3) is 6.40. The van der Waals surface area contributed by atoms with Crippen LogP contribution in [0.2, 0.25) is 0 Å². The number of anilines is 2. The molecule has 0 aliphatic carbocycles. The molecule has 2 aromatic heterocycles. The van der Waals surface area contributed by atoms with E-state index in [4.69, 9.17) is 14.2 Å². The molecule has 290 valence electrons. The summed E-state index contributed by atoms with van der Waals surface area (Å²) in [5.41, 5.74) is 8.43. The fourth-order valence-electron chi connectivity index (χ4n) is 9.15. The van der Waals surface area contributed by atoms with Crippen molar-refractivity contribution in [3.05, 3.63) is 125 Å². The maximum atomic E-state index is 15.3. The summed E-state index contributed by atoms with van der Waals surface area (Å²) in [6, 6.07) is 28.9. The van der Waals surface area contributed by atoms with Crippen LogP contribution in [0.25, 0.3) is 22.2 Å². The SMILES string of the molecule is Cn1ccc2cc(N(C(=O)c3cc(-c4cc5c(cc4C(=O)N4Cc6ccccc6CC4CN4CCOCC4)OCO5)n4c3CCCC4)c3ccc(O)cc3)ccc21. The van der Waals surface area contributed by atoms with E-state index in [2.05, 4.69) is 32.2 Å². The molecule has 1 saturated heterocycles. The zero-order valence-electron chi connectivity index (χ0n) is 32.0. The van der Waals surface area contributed by atoms with E-state index in [1.165, 1.54) is 5.56 Å². The van der Waals surface area contributed by atoms with Crippen LogP contribution < -0.4 is 14.4 Å². The van der Waals surface area contributed by atoms with E-state index in [1.54, 1.807) is 29.2 Å². The van der Waals surface area contributed by atoms with Crippen LogP contribution >= 0.6 is 0 Å². The van der Waals surface area contributed by atoms with Crippen LogP contribution in [0.5, 0.6) is 17.2 Å². The second-order valence-electron chi connectivity index (χ2n) is 15.5. The number of ether oxygens (including phenoxy) is 3. The standard InChI is InChI=1S/C46H45N5O6/c1-47-17-15-31-23-34(11-14-40(31)47)51(33-9-12-36(52)13-10-33)46(54)39-24-42(49-16-5-4-8-41(39)49)37-25-43-44(57-29-56-43)26-38(37)45(53)50-27-32-7-3-2-6-30(32)22-35(50)28-48-18-20-55-21-19-48/h2-3,6-7,9-15,17,23-26,35,52H,4-5,8,16,18-22,27-29H2,1H3. The van der Waals surface area contributed by atoms with Crippen molar-refractivity contribution in [3.63, 3.8) is 0 Å². The zero-order chi connectivity index (χ0) is 38.6. The van der Waals surface area contributed by atoms with Crippen molar-refractivity contribution in [1.82, 2.24) is 18.9 Å². The number of amides is 2. The number of aryl methyl sites for hydroxylation is 1. The molecule has 10 rings (SSSR count). The number of fused-ring (bicyclic) bond motifs is 4. The number of morpholine rings is 1. The summed E-state index contributed by atoms with van der Waals surface area (Å²) in [6.07, 6.45) is 5.39. The van der Waals surface area contributed by atoms with Gasteiger partial charge in [-0.1, -0.05) is 24.3 Å². The minimum atomic E-state index is -0.181. The molecule has 0 spiro atoms. The van der Waals surface area contributed by atoms with E-state index >= 15 is 9.59 Å². The second kappa shape index (κ2) is 14.5. The monoisotopic (exact) mass is 763 g/mol. The molecule has 6 aromatic rings. The Kier molecular flexibility index (Phi) is 8.98. The number of hydrogen-bond donors (Lipinski definition) is 1. The van der Waals surface area contributed by atoms with Gasteiger partial charge in [-0.25, -0.2) is 0 Å². The molecule has 4 aliphatic rings. The van der Waals surface area contributed by atoms with Crippen LogP contribution in [0.1, 0.15) is 50.4 Å². The molecule has 2 amide bonds. The second-order valence-corrected chi connectivity index (χ2v) is 15.5. The summed E-state index contributed by atoms with van der Waals surface area (Å²) in [5, 5.41) is 11.2. The van der Waals surface area contributed by atoms with E-state index in [0.717, 1.165) is 84.4 Å². The van der Waals surface area contributed by atoms with Gasteiger partial charge in [0.25, 0.3) is 11.8 Å². The van der Waals surface area contributed by atoms with Gasteiger partial charge >= 0.3 is 0 Å². The van der Waals surface area contributed by atoms with Gasteiger partial charge < -0.3 is 33.4 Å². The maximum Gasteiger partial charge on any atom is 0.264 e. The highest BCUT2D eigenvalue weighted by atomic mass is 16.7. The highest BCUT2D eigenvalue weighted by Gasteiger charge is 2.36. The van der Waals surface area contributed by atoms with Gasteiger partial charge in [-0.15, -0.1) is 0 Å². The number of hydrogen-bond acceptors (Lipinski definition) is 7. The molecular weight excluding hydrogens is 719 g/mol. The first-order valence-corrected chi connectivity index (χ1v) is 19.9. The van der Waals surface area contributed by atoms with E-state index in [0.29, 0.717) is 54.6 Å². The van der Waals surface area contributed by atoms with Gasteiger partial charge in [0, 0.05) is 91.2 Å². The number of carbonyl (C=O) groups is 2. The average molecular weight is 764 g/mol. The molecule has 0 saturated carbocycles. The van der Waals surface area contributed by atoms with Gasteiger partial charge in [0.05, 0.1) is 24.3 Å². The Balaban J connectivity index is 1.09. The fourth-order valence-corrected chi connectivity index (χ4v) is 9.15. The van der Waals surface area contributed by atoms with E-state index < -0.39 is 0 Å². The minimum absolute atomic E-state index is 0.0389. The van der Waals surface area contributed by atoms with Crippen LogP contribution in [0.4, 0.5) is 11.4 Å². The van der Waals surface area contributed by atoms with Crippen molar-refractivity contribution < 1.29 is 28.9 Å². The highest BCUT2D eigenvalue weighted by molar-refractivity contribution is 6.13. The predicted molar refractivity (Wildman–Crippen MR) is 217 cm³/mol. The lowest BCUT2D eigenvalue weighted by molar-refractivity contribution is 0.0193. The molecule has 0 radical (unpaired) electrons. The van der Waals surface area contributed by atoms with Crippen LogP contribution in [0.3, 0.4) is 0 Å². The van der Waals surface area contributed by atoms with Gasteiger partial charge in [0.1, 0.15) is 5.75 Å². The van der Waals surface area contributed by atoms with Gasteiger partial charge in [-0.05, 0) is 104 Å². The average Bonchev–Trinajstić information content (AvgIpc) is 3.97. The molecule has 1 atom stereocenters. The number of phenolic OH excluding ortho intramolecular Hbond substituents is 1. The number of nitrogens with zero attached hydrogens (tertiary/aromatic N) is 5. The summed E-state index contributed by atoms with van der Waals surface area (Å²) in [6.45, 7) is 5.10. The topological polar surface area (TPSA) is 102 Å². The van der Waals surface area contributed by atoms with Crippen molar-refractivity contribution in [1.29, 1.82) is 0 Å². The fraction of sp³-hybridized carbons (Fsp3) is 0.304. The first kappa shape index (κ1) is 35.4. The lowest BCUT2D eigenvalue weighted by Crippen LogP contribution is -2.52. The molecule has 11 nitrogen and oxygen atoms in total. The first-order valence-electron chi connectivity index (χ1n) is 19.9. The summed E-state index contributed by atoms with van der Waals surface area (Å²) in [7, 11) is 2.00. The minimum Gasteiger partial charge on any atom is -0.508 e. The van der Waals surface area contributed by atoms with Crippen LogP contribution in [0, 0.1) is 0 Å². The van der Waals surface area contributed by atoms with E-state index in [1.807, 2.05) is 66.7 Å². The van der Waals surface area contributed by atoms with Crippen molar-refractivity contribution >= 4 is 34.1 Å². The Morgan fingerprint density at radius 1 is 0.825 bits per heavy atom. The third-order valence-corrected chi connectivity index (χ3v) is 12.1. The predicted octanol–water partition coefficient (Wildman–Crippen LogP) is 7.30. The number of aromatic nitrogens is 2. The highest BCUT2D eigenvalue weighted by Crippen LogP contribution is 2.43. The van der Waals surface area contributed by atoms with Crippen molar-refractivity contribution in [2.24, 2.45) is 7.05 Å². The Labute approximate surface area is 331 Å². The Morgan fingerprint density at radius 2 is 1.60 bits per heavy atom. The number of phenols is 1. The number of benzene rings is 4. The van der Waals surface area contributed by atoms with Crippen molar-refractivity contribution in [2.75, 3.05) is 44.5 Å². The molecule has 4 aliphatic heterocycles. The van der Waals surface area contributed by atoms with Gasteiger partial charge in [-0.3, -0.25) is 19.4 Å². The van der Waals surface area contributed by atoms with Gasteiger partial charge in [0.2, 0.25) is 6.79 Å². The van der Waals surface area contributed by atoms with Crippen LogP contribution in [-0.4, -0.2) is 81.5 Å². The third-order valence-electron chi connectivity index (χ3n) is 12.1. The quantitative estimate of drug-likeness (QED) is 0.182. The number of rotatable bonds is 7. The number of aromatic hydroxyl groups is 1. The van der Waals surface area contributed by atoms with Crippen LogP contribution in [-0.2, 0) is 37.7 Å². The smallest absolute Gasteiger partial charge is 0.264 e. The lowest BCUT2D eigenvalue weighted by atomic mass is 9.92. The molecule has 11 heteroatoms. The largest absolute Gasteiger partial charge is 0.508 e. The summed E-state index contributed by atoms with van der Waals surface area (Å²) < 4.78 is 21.8. The molecule has 57 heavy (non-hydrogen) atoms. The summed E-state index contributed by atoms with van der Waals surface area (Å²) in [5.74, 6) is 0.992. The summed E-state index contributed by atoms with van der Waals surface area (Å²) in [4.78, 5) is 36.6.